The van der Waals surface area contributed by atoms with Crippen molar-refractivity contribution in [1.29, 1.82) is 0 Å². The molecule has 84 valence electrons. The van der Waals surface area contributed by atoms with E-state index in [2.05, 4.69) is 20.9 Å². The molecule has 5 heteroatoms. The zero-order chi connectivity index (χ0) is 11.7. The fourth-order valence-corrected chi connectivity index (χ4v) is 2.02. The first-order valence-electron chi connectivity index (χ1n) is 4.55. The summed E-state index contributed by atoms with van der Waals surface area (Å²) in [5.74, 6) is 0. The molecule has 0 saturated heterocycles. The number of benzene rings is 1. The molecular weight excluding hydrogens is 299 g/mol. The Kier molecular flexibility index (Phi) is 3.40. The first kappa shape index (κ1) is 11.7. The van der Waals surface area contributed by atoms with Gasteiger partial charge in [0.15, 0.2) is 0 Å². The number of pyridine rings is 1. The molecule has 0 fully saturated rings. The maximum Gasteiger partial charge on any atom is 0.266 e. The zero-order valence-electron chi connectivity index (χ0n) is 8.05. The molecule has 0 radical (unpaired) electrons. The molecule has 2 aromatic rings. The van der Waals surface area contributed by atoms with Crippen LogP contribution in [-0.2, 0) is 5.33 Å². The van der Waals surface area contributed by atoms with Gasteiger partial charge in [-0.15, -0.1) is 0 Å². The Morgan fingerprint density at radius 2 is 2.06 bits per heavy atom. The van der Waals surface area contributed by atoms with E-state index in [4.69, 9.17) is 11.6 Å². The number of aromatic nitrogens is 1. The number of halogens is 4. The largest absolute Gasteiger partial charge is 0.266 e. The highest BCUT2D eigenvalue weighted by atomic mass is 79.9. The van der Waals surface area contributed by atoms with E-state index >= 15 is 0 Å². The van der Waals surface area contributed by atoms with Crippen molar-refractivity contribution >= 4 is 38.4 Å². The third-order valence-electron chi connectivity index (χ3n) is 2.25. The molecule has 0 bridgehead atoms. The summed E-state index contributed by atoms with van der Waals surface area (Å²) in [6.07, 6.45) is -2.60. The van der Waals surface area contributed by atoms with Gasteiger partial charge in [-0.25, -0.2) is 13.8 Å². The summed E-state index contributed by atoms with van der Waals surface area (Å²) in [6.45, 7) is 0. The Balaban J connectivity index is 2.64. The van der Waals surface area contributed by atoms with Gasteiger partial charge in [-0.3, -0.25) is 0 Å². The highest BCUT2D eigenvalue weighted by Crippen LogP contribution is 2.29. The molecule has 16 heavy (non-hydrogen) atoms. The normalized spacial score (nSPS) is 11.3. The molecule has 1 aromatic carbocycles. The van der Waals surface area contributed by atoms with Crippen LogP contribution < -0.4 is 0 Å². The van der Waals surface area contributed by atoms with Crippen molar-refractivity contribution in [2.75, 3.05) is 0 Å². The summed E-state index contributed by atoms with van der Waals surface area (Å²) in [4.78, 5) is 3.97. The van der Waals surface area contributed by atoms with Gasteiger partial charge in [0, 0.05) is 10.7 Å². The smallest absolute Gasteiger partial charge is 0.236 e. The lowest BCUT2D eigenvalue weighted by molar-refractivity contribution is 0.151. The summed E-state index contributed by atoms with van der Waals surface area (Å²) < 4.78 is 25.1. The zero-order valence-corrected chi connectivity index (χ0v) is 10.4. The first-order valence-corrected chi connectivity index (χ1v) is 6.05. The van der Waals surface area contributed by atoms with Crippen LogP contribution in [0.25, 0.3) is 10.9 Å². The summed E-state index contributed by atoms with van der Waals surface area (Å²) in [6, 6.07) is 6.83. The number of hydrogen-bond acceptors (Lipinski definition) is 1. The summed E-state index contributed by atoms with van der Waals surface area (Å²) in [5.41, 5.74) is 1.44. The molecule has 1 aromatic heterocycles. The third-order valence-corrected chi connectivity index (χ3v) is 3.20. The van der Waals surface area contributed by atoms with Crippen molar-refractivity contribution in [2.24, 2.45) is 0 Å². The Morgan fingerprint density at radius 1 is 1.31 bits per heavy atom. The van der Waals surface area contributed by atoms with Crippen LogP contribution in [-0.4, -0.2) is 4.98 Å². The average molecular weight is 307 g/mol. The van der Waals surface area contributed by atoms with E-state index in [9.17, 15) is 8.78 Å². The monoisotopic (exact) mass is 305 g/mol. The van der Waals surface area contributed by atoms with Crippen molar-refractivity contribution in [1.82, 2.24) is 4.98 Å². The lowest BCUT2D eigenvalue weighted by atomic mass is 10.1. The van der Waals surface area contributed by atoms with Gasteiger partial charge in [0.05, 0.1) is 11.1 Å². The molecule has 0 unspecified atom stereocenters. The topological polar surface area (TPSA) is 12.9 Å². The molecule has 0 aliphatic heterocycles. The van der Waals surface area contributed by atoms with Crippen molar-refractivity contribution in [2.45, 2.75) is 11.8 Å². The van der Waals surface area contributed by atoms with Crippen molar-refractivity contribution in [3.8, 4) is 0 Å². The van der Waals surface area contributed by atoms with Crippen LogP contribution in [0.2, 0.25) is 5.15 Å². The van der Waals surface area contributed by atoms with Crippen LogP contribution in [0, 0.1) is 0 Å². The molecule has 2 rings (SSSR count). The summed E-state index contributed by atoms with van der Waals surface area (Å²) in [5, 5.41) is 1.23. The molecular formula is C11H7BrClF2N. The van der Waals surface area contributed by atoms with Crippen LogP contribution in [0.1, 0.15) is 17.6 Å². The second-order valence-corrected chi connectivity index (χ2v) is 4.25. The van der Waals surface area contributed by atoms with Gasteiger partial charge in [0.25, 0.3) is 6.43 Å². The molecule has 0 aliphatic carbocycles. The summed E-state index contributed by atoms with van der Waals surface area (Å²) in [7, 11) is 0. The number of nitrogens with zero attached hydrogens (tertiary/aromatic N) is 1. The predicted molar refractivity (Wildman–Crippen MR) is 64.3 cm³/mol. The Hall–Kier alpha value is -0.740. The van der Waals surface area contributed by atoms with Crippen LogP contribution >= 0.6 is 27.5 Å². The maximum atomic E-state index is 12.6. The van der Waals surface area contributed by atoms with E-state index in [-0.39, 0.29) is 10.7 Å². The van der Waals surface area contributed by atoms with Crippen LogP contribution in [0.4, 0.5) is 8.78 Å². The molecule has 0 spiro atoms. The number of alkyl halides is 3. The Morgan fingerprint density at radius 3 is 2.69 bits per heavy atom. The Bertz CT molecular complexity index is 531. The molecule has 0 saturated carbocycles. The van der Waals surface area contributed by atoms with E-state index < -0.39 is 6.43 Å². The molecule has 1 heterocycles. The van der Waals surface area contributed by atoms with E-state index in [1.165, 1.54) is 6.07 Å². The second-order valence-electron chi connectivity index (χ2n) is 3.33. The lowest BCUT2D eigenvalue weighted by Gasteiger charge is -2.05. The van der Waals surface area contributed by atoms with Crippen molar-refractivity contribution in [3.63, 3.8) is 0 Å². The van der Waals surface area contributed by atoms with Gasteiger partial charge in [0.1, 0.15) is 5.15 Å². The lowest BCUT2D eigenvalue weighted by Crippen LogP contribution is -1.91. The fourth-order valence-electron chi connectivity index (χ4n) is 1.44. The maximum absolute atomic E-state index is 12.6. The molecule has 0 aliphatic rings. The van der Waals surface area contributed by atoms with Gasteiger partial charge in [-0.05, 0) is 17.7 Å². The quantitative estimate of drug-likeness (QED) is 0.578. The van der Waals surface area contributed by atoms with Gasteiger partial charge in [0.2, 0.25) is 0 Å². The van der Waals surface area contributed by atoms with Gasteiger partial charge < -0.3 is 0 Å². The predicted octanol–water partition coefficient (Wildman–Crippen LogP) is 4.72. The molecule has 0 N–H and O–H groups in total. The standard InChI is InChI=1S/C11H7BrClF2N/c12-5-6-1-2-7-4-8(11(14)15)10(13)16-9(7)3-6/h1-4,11H,5H2. The minimum absolute atomic E-state index is 0.130. The number of fused-ring (bicyclic) bond motifs is 1. The van der Waals surface area contributed by atoms with Crippen LogP contribution in [0.5, 0.6) is 0 Å². The summed E-state index contributed by atoms with van der Waals surface area (Å²) >= 11 is 9.01. The first-order chi connectivity index (χ1) is 7.61. The van der Waals surface area contributed by atoms with Gasteiger partial charge >= 0.3 is 0 Å². The van der Waals surface area contributed by atoms with Gasteiger partial charge in [-0.1, -0.05) is 39.7 Å². The minimum atomic E-state index is -2.60. The third kappa shape index (κ3) is 2.18. The van der Waals surface area contributed by atoms with Crippen molar-refractivity contribution < 1.29 is 8.78 Å². The Labute approximate surface area is 105 Å². The molecule has 0 atom stereocenters. The highest BCUT2D eigenvalue weighted by molar-refractivity contribution is 9.08. The van der Waals surface area contributed by atoms with Crippen LogP contribution in [0.3, 0.4) is 0 Å². The SMILES string of the molecule is FC(F)c1cc2ccc(CBr)cc2nc1Cl. The van der Waals surface area contributed by atoms with E-state index in [1.807, 2.05) is 12.1 Å². The van der Waals surface area contributed by atoms with E-state index in [0.717, 1.165) is 5.56 Å². The number of rotatable bonds is 2. The number of hydrogen-bond donors (Lipinski definition) is 0. The second kappa shape index (κ2) is 4.63. The van der Waals surface area contributed by atoms with Crippen LogP contribution in [0.15, 0.2) is 24.3 Å². The highest BCUT2D eigenvalue weighted by Gasteiger charge is 2.14. The minimum Gasteiger partial charge on any atom is -0.236 e. The van der Waals surface area contributed by atoms with E-state index in [1.54, 1.807) is 6.07 Å². The average Bonchev–Trinajstić information content (AvgIpc) is 2.27. The van der Waals surface area contributed by atoms with Crippen molar-refractivity contribution in [3.05, 3.63) is 40.5 Å². The van der Waals surface area contributed by atoms with E-state index in [0.29, 0.717) is 16.2 Å². The molecule has 0 amide bonds. The molecule has 1 nitrogen and oxygen atoms in total. The van der Waals surface area contributed by atoms with Gasteiger partial charge in [-0.2, -0.15) is 0 Å². The fraction of sp³-hybridized carbons (Fsp3) is 0.182.